The summed E-state index contributed by atoms with van der Waals surface area (Å²) in [5.74, 6) is -2.96. The van der Waals surface area contributed by atoms with Crippen LogP contribution in [-0.2, 0) is 134 Å². The highest BCUT2D eigenvalue weighted by Gasteiger charge is 2.34. The molecule has 0 aliphatic carbocycles. The summed E-state index contributed by atoms with van der Waals surface area (Å²) < 4.78 is 86.3. The molecule has 0 aliphatic rings. The molecular weight excluding hydrogens is 1470 g/mol. The van der Waals surface area contributed by atoms with Crippen LogP contribution < -0.4 is 5.90 Å². The summed E-state index contributed by atoms with van der Waals surface area (Å²) in [4.78, 5) is 70.7. The van der Waals surface area contributed by atoms with E-state index in [2.05, 4.69) is 49.7 Å². The van der Waals surface area contributed by atoms with Crippen molar-refractivity contribution in [2.45, 2.75) is 96.2 Å². The fraction of sp³-hybridized carbons (Fsp3) is 0.282. The second-order valence-corrected chi connectivity index (χ2v) is 30.1. The van der Waals surface area contributed by atoms with Gasteiger partial charge in [0.1, 0.15) is 26.4 Å². The molecule has 21 nitrogen and oxygen atoms in total. The first-order valence-electron chi connectivity index (χ1n) is 32.4. The maximum Gasteiger partial charge on any atom is 0.553 e. The number of esters is 4. The van der Waals surface area contributed by atoms with Crippen molar-refractivity contribution >= 4 is 83.2 Å². The van der Waals surface area contributed by atoms with Crippen LogP contribution in [0.1, 0.15) is 90.5 Å². The van der Waals surface area contributed by atoms with E-state index in [1.54, 1.807) is 24.3 Å². The fourth-order valence-electron chi connectivity index (χ4n) is 8.98. The number of hydrogen-bond acceptors (Lipinski definition) is 18. The van der Waals surface area contributed by atoms with Gasteiger partial charge in [-0.25, -0.2) is 4.79 Å². The molecule has 8 aromatic carbocycles. The number of rotatable bonds is 35. The molecule has 104 heavy (non-hydrogen) atoms. The summed E-state index contributed by atoms with van der Waals surface area (Å²) in [5.41, 5.74) is 7.85. The highest BCUT2D eigenvalue weighted by atomic mass is 79.9. The molecule has 0 spiro atoms. The molecule has 0 aromatic heterocycles. The van der Waals surface area contributed by atoms with Crippen LogP contribution in [0.2, 0.25) is 0 Å². The largest absolute Gasteiger partial charge is 0.553 e. The van der Waals surface area contributed by atoms with Crippen LogP contribution in [0.3, 0.4) is 0 Å². The second-order valence-electron chi connectivity index (χ2n) is 22.4. The zero-order valence-corrected chi connectivity index (χ0v) is 63.2. The predicted molar refractivity (Wildman–Crippen MR) is 407 cm³/mol. The molecule has 5 N–H and O–H groups in total. The maximum absolute atomic E-state index is 13.5. The molecule has 0 amide bonds. The third-order valence-electron chi connectivity index (χ3n) is 14.5. The van der Waals surface area contributed by atoms with E-state index >= 15 is 0 Å². The minimum Gasteiger partial charge on any atom is -0.481 e. The van der Waals surface area contributed by atoms with Gasteiger partial charge in [-0.05, 0) is 67.3 Å². The third-order valence-corrected chi connectivity index (χ3v) is 21.4. The minimum atomic E-state index is -3.20. The Hall–Kier alpha value is -8.74. The maximum atomic E-state index is 13.5. The molecule has 6 atom stereocenters. The van der Waals surface area contributed by atoms with Crippen molar-refractivity contribution in [3.8, 4) is 0 Å². The quantitative estimate of drug-likeness (QED) is 0.00830. The number of hydrogen-bond donors (Lipinski definition) is 3. The van der Waals surface area contributed by atoms with E-state index in [0.29, 0.717) is 6.16 Å². The van der Waals surface area contributed by atoms with Crippen molar-refractivity contribution < 1.29 is 100 Å². The SMILES string of the molecule is BrCc1ccccc1.C.C=C(CCC(=O)OCc1ccccc1)C(=O)OCc1ccccc1.COP(=O)(Cc1ccccc1)CC(CCC(=O)O)C(=O)O.COP(=O)(Cc1ccccc1)CC(CCC(=O)OCc1ccccc1)C(=O)OCc1ccccc1.CO[P+](=O)Cc1ccccc1.[NH3+]O[PH+]=O. The summed E-state index contributed by atoms with van der Waals surface area (Å²) in [6, 6.07) is 75.8. The first-order valence-corrected chi connectivity index (χ1v) is 39.6. The molecule has 0 heterocycles. The van der Waals surface area contributed by atoms with Gasteiger partial charge >= 0.3 is 52.5 Å². The third kappa shape index (κ3) is 42.1. The Labute approximate surface area is 621 Å². The first kappa shape index (κ1) is 91.3. The van der Waals surface area contributed by atoms with Gasteiger partial charge in [-0.3, -0.25) is 33.1 Å². The summed E-state index contributed by atoms with van der Waals surface area (Å²) in [7, 11) is -4.45. The fourth-order valence-corrected chi connectivity index (χ4v) is 14.4. The lowest BCUT2D eigenvalue weighted by Gasteiger charge is -2.22. The Morgan fingerprint density at radius 3 is 1.12 bits per heavy atom. The molecule has 6 unspecified atom stereocenters. The van der Waals surface area contributed by atoms with Crippen LogP contribution in [0.4, 0.5) is 0 Å². The molecule has 8 aromatic rings. The average molecular weight is 1570 g/mol. The molecule has 26 heteroatoms. The lowest BCUT2D eigenvalue weighted by molar-refractivity contribution is -0.633. The topological polar surface area (TPSA) is 313 Å². The Balaban J connectivity index is 0.000000467. The number of carbonyl (C=O) groups excluding carboxylic acids is 4. The Bertz CT molecular complexity index is 3840. The summed E-state index contributed by atoms with van der Waals surface area (Å²) >= 11 is 3.36. The minimum absolute atomic E-state index is 0. The first-order chi connectivity index (χ1) is 49.7. The van der Waals surface area contributed by atoms with Crippen molar-refractivity contribution in [3.05, 3.63) is 299 Å². The molecule has 556 valence electrons. The van der Waals surface area contributed by atoms with Gasteiger partial charge in [0.25, 0.3) is 0 Å². The van der Waals surface area contributed by atoms with Gasteiger partial charge < -0.3 is 38.2 Å². The van der Waals surface area contributed by atoms with Crippen molar-refractivity contribution in [3.63, 3.8) is 0 Å². The number of carboxylic acids is 2. The number of alkyl halides is 1. The van der Waals surface area contributed by atoms with Crippen molar-refractivity contribution in [2.75, 3.05) is 33.7 Å². The number of aliphatic carboxylic acids is 2. The lowest BCUT2D eigenvalue weighted by Crippen LogP contribution is -2.44. The standard InChI is InChI=1S/C28H31O6P.C20H20O4.C14H19O6P.C8H10O2P.C7H7Br.CH4.H4NO2P/c1-32-35(31,21-25-15-9-4-10-16-25)22-26(28(30)34-20-24-13-7-3-8-14-24)17-18-27(29)33-19-23-11-5-2-6-12-23;1-16(20(22)24-15-18-10-6-3-7-11-18)12-13-19(21)23-14-17-8-4-2-5-9-17;1-20-21(19,9-11-5-3-2-4-6-11)10-12(14(17)18)7-8-13(15)16;1-10-11(9)7-8-5-3-2-4-6-8;8-6-7-4-2-1-3-5-7;;1-3-4-2/h2-16,26H,17-22H2,1H3;2-11H,1,12-15H2;2-6,12H,7-10H2,1H3,(H,15,16)(H,17,18);2-6H,7H2,1H3;1-5H,6H2;1H4;4H,1H3/q;;;+1;;;+2. The van der Waals surface area contributed by atoms with Gasteiger partial charge in [0, 0.05) is 79.2 Å². The number of ether oxygens (including phenoxy) is 4. The Morgan fingerprint density at radius 2 is 0.788 bits per heavy atom. The van der Waals surface area contributed by atoms with Crippen molar-refractivity contribution in [1.29, 1.82) is 0 Å². The summed E-state index contributed by atoms with van der Waals surface area (Å²) in [6.07, 6.45) is 0.820. The van der Waals surface area contributed by atoms with Crippen LogP contribution in [0.5, 0.6) is 0 Å². The van der Waals surface area contributed by atoms with E-state index in [1.165, 1.54) is 26.9 Å². The van der Waals surface area contributed by atoms with Gasteiger partial charge in [0.15, 0.2) is 0 Å². The molecule has 0 radical (unpaired) electrons. The lowest BCUT2D eigenvalue weighted by atomic mass is 10.1. The molecule has 0 aliphatic heterocycles. The Kier molecular flexibility index (Phi) is 48.2. The van der Waals surface area contributed by atoms with Crippen LogP contribution in [0.15, 0.2) is 255 Å². The molecule has 8 rings (SSSR count). The molecule has 0 bridgehead atoms. The van der Waals surface area contributed by atoms with Crippen LogP contribution in [0, 0.1) is 11.8 Å². The van der Waals surface area contributed by atoms with Crippen LogP contribution >= 0.6 is 47.4 Å². The zero-order chi connectivity index (χ0) is 75.4. The van der Waals surface area contributed by atoms with Gasteiger partial charge in [-0.2, -0.15) is 5.90 Å². The van der Waals surface area contributed by atoms with E-state index in [9.17, 15) is 42.5 Å². The van der Waals surface area contributed by atoms with E-state index < -0.39 is 73.1 Å². The number of benzene rings is 8. The van der Waals surface area contributed by atoms with E-state index in [1.807, 2.05) is 206 Å². The van der Waals surface area contributed by atoms with Gasteiger partial charge in [0.05, 0.1) is 18.9 Å². The van der Waals surface area contributed by atoms with E-state index in [4.69, 9.17) is 42.8 Å². The highest BCUT2D eigenvalue weighted by molar-refractivity contribution is 9.08. The predicted octanol–water partition coefficient (Wildman–Crippen LogP) is 17.4. The van der Waals surface area contributed by atoms with Crippen molar-refractivity contribution in [1.82, 2.24) is 0 Å². The molecule has 0 fully saturated rings. The number of quaternary nitrogens is 1. The highest BCUT2D eigenvalue weighted by Crippen LogP contribution is 2.52. The van der Waals surface area contributed by atoms with Crippen LogP contribution in [-0.4, -0.2) is 79.7 Å². The normalized spacial score (nSPS) is 12.1. The number of carbonyl (C=O) groups is 6. The number of halogens is 1. The monoisotopic (exact) mass is 1570 g/mol. The molecule has 0 saturated carbocycles. The average Bonchev–Trinajstić information content (AvgIpc) is 0.851. The van der Waals surface area contributed by atoms with E-state index in [0.717, 1.165) is 44.3 Å². The van der Waals surface area contributed by atoms with Gasteiger partial charge in [0.2, 0.25) is 20.9 Å². The summed E-state index contributed by atoms with van der Waals surface area (Å²) in [6.45, 7) is 4.36. The smallest absolute Gasteiger partial charge is 0.481 e. The van der Waals surface area contributed by atoms with Gasteiger partial charge in [-0.1, -0.05) is 273 Å². The second kappa shape index (κ2) is 54.8. The van der Waals surface area contributed by atoms with E-state index in [-0.39, 0.29) is 109 Å². The van der Waals surface area contributed by atoms with Crippen molar-refractivity contribution in [2.24, 2.45) is 11.8 Å². The molecular formula is C78H95BrNO20P4+3. The molecule has 0 saturated heterocycles. The summed E-state index contributed by atoms with van der Waals surface area (Å²) in [5, 5.41) is 18.7. The zero-order valence-electron chi connectivity index (χ0n) is 57.9. The Morgan fingerprint density at radius 1 is 0.471 bits per heavy atom. The van der Waals surface area contributed by atoms with Gasteiger partial charge in [-0.15, -0.1) is 4.52 Å². The number of carboxylic acid groups (broad SMARTS) is 2. The van der Waals surface area contributed by atoms with Crippen LogP contribution in [0.25, 0.3) is 0 Å².